The molecule has 4 rings (SSSR count). The lowest BCUT2D eigenvalue weighted by Crippen LogP contribution is -2.18. The van der Waals surface area contributed by atoms with Crippen LogP contribution in [0.5, 0.6) is 11.5 Å². The first-order valence-electron chi connectivity index (χ1n) is 9.23. The van der Waals surface area contributed by atoms with E-state index in [4.69, 9.17) is 9.47 Å². The first-order chi connectivity index (χ1) is 13.3. The van der Waals surface area contributed by atoms with Gasteiger partial charge in [-0.15, -0.1) is 0 Å². The van der Waals surface area contributed by atoms with E-state index in [1.807, 2.05) is 24.3 Å². The molecule has 2 heterocycles. The Bertz CT molecular complexity index is 916. The third-order valence-electron chi connectivity index (χ3n) is 4.94. The zero-order valence-electron chi connectivity index (χ0n) is 15.7. The summed E-state index contributed by atoms with van der Waals surface area (Å²) in [6, 6.07) is 14.1. The smallest absolute Gasteiger partial charge is 0.181 e. The van der Waals surface area contributed by atoms with E-state index in [1.54, 1.807) is 14.2 Å². The van der Waals surface area contributed by atoms with Crippen molar-refractivity contribution in [2.45, 2.75) is 19.4 Å². The van der Waals surface area contributed by atoms with Crippen molar-refractivity contribution in [2.24, 2.45) is 0 Å². The molecule has 0 spiro atoms. The Morgan fingerprint density at radius 1 is 1.04 bits per heavy atom. The number of nitrogens with zero attached hydrogens (tertiary/aromatic N) is 3. The molecule has 0 radical (unpaired) electrons. The quantitative estimate of drug-likeness (QED) is 0.722. The van der Waals surface area contributed by atoms with Crippen molar-refractivity contribution in [3.8, 4) is 34.3 Å². The molecule has 1 aliphatic heterocycles. The topological polar surface area (TPSA) is 63.3 Å². The van der Waals surface area contributed by atoms with Crippen LogP contribution in [0.15, 0.2) is 42.5 Å². The van der Waals surface area contributed by atoms with Crippen molar-refractivity contribution in [2.75, 3.05) is 27.3 Å². The minimum Gasteiger partial charge on any atom is -0.497 e. The second-order valence-electron chi connectivity index (χ2n) is 6.76. The molecular weight excluding hydrogens is 340 g/mol. The Labute approximate surface area is 159 Å². The second kappa shape index (κ2) is 7.80. The fourth-order valence-corrected chi connectivity index (χ4v) is 3.51. The molecule has 1 aliphatic rings. The highest BCUT2D eigenvalue weighted by atomic mass is 16.5. The number of likely N-dealkylation sites (tertiary alicyclic amines) is 1. The molecular formula is C21H24N4O2. The Balaban J connectivity index is 1.59. The Morgan fingerprint density at radius 3 is 2.67 bits per heavy atom. The number of hydrogen-bond donors (Lipinski definition) is 1. The van der Waals surface area contributed by atoms with Gasteiger partial charge in [-0.2, -0.15) is 5.10 Å². The van der Waals surface area contributed by atoms with Gasteiger partial charge in [0.25, 0.3) is 0 Å². The van der Waals surface area contributed by atoms with E-state index in [1.165, 1.54) is 31.5 Å². The standard InChI is InChI=1S/C21H24N4O2/c1-26-17-8-9-18(19(13-17)27-2)21-22-20(23-24-21)16-7-5-6-15(12-16)14-25-10-3-4-11-25/h5-9,12-13H,3-4,10-11,14H2,1-2H3,(H,22,23,24). The number of hydrogen-bond acceptors (Lipinski definition) is 5. The average Bonchev–Trinajstić information content (AvgIpc) is 3.40. The molecule has 6 nitrogen and oxygen atoms in total. The fourth-order valence-electron chi connectivity index (χ4n) is 3.51. The van der Waals surface area contributed by atoms with Gasteiger partial charge >= 0.3 is 0 Å². The lowest BCUT2D eigenvalue weighted by Gasteiger charge is -2.14. The second-order valence-corrected chi connectivity index (χ2v) is 6.76. The number of H-pyrrole nitrogens is 1. The maximum atomic E-state index is 5.48. The van der Waals surface area contributed by atoms with Gasteiger partial charge in [0.1, 0.15) is 11.5 Å². The van der Waals surface area contributed by atoms with Crippen LogP contribution in [-0.2, 0) is 6.54 Å². The summed E-state index contributed by atoms with van der Waals surface area (Å²) in [4.78, 5) is 7.18. The molecule has 1 fully saturated rings. The number of methoxy groups -OCH3 is 2. The number of aromatic amines is 1. The molecule has 27 heavy (non-hydrogen) atoms. The summed E-state index contributed by atoms with van der Waals surface area (Å²) in [7, 11) is 3.27. The molecule has 140 valence electrons. The maximum Gasteiger partial charge on any atom is 0.181 e. The van der Waals surface area contributed by atoms with Crippen LogP contribution in [0.25, 0.3) is 22.8 Å². The number of rotatable bonds is 6. The molecule has 0 saturated carbocycles. The maximum absolute atomic E-state index is 5.48. The lowest BCUT2D eigenvalue weighted by atomic mass is 10.1. The van der Waals surface area contributed by atoms with Crippen molar-refractivity contribution in [3.63, 3.8) is 0 Å². The molecule has 1 saturated heterocycles. The zero-order chi connectivity index (χ0) is 18.6. The Kier molecular flexibility index (Phi) is 5.07. The van der Waals surface area contributed by atoms with Crippen LogP contribution >= 0.6 is 0 Å². The van der Waals surface area contributed by atoms with Gasteiger partial charge in [-0.1, -0.05) is 18.2 Å². The predicted octanol–water partition coefficient (Wildman–Crippen LogP) is 3.75. The van der Waals surface area contributed by atoms with Gasteiger partial charge in [-0.05, 0) is 49.7 Å². The highest BCUT2D eigenvalue weighted by Crippen LogP contribution is 2.32. The minimum absolute atomic E-state index is 0.675. The van der Waals surface area contributed by atoms with Crippen molar-refractivity contribution >= 4 is 0 Å². The van der Waals surface area contributed by atoms with Crippen molar-refractivity contribution < 1.29 is 9.47 Å². The summed E-state index contributed by atoms with van der Waals surface area (Å²) < 4.78 is 10.7. The van der Waals surface area contributed by atoms with E-state index in [0.717, 1.165) is 23.4 Å². The number of ether oxygens (including phenoxy) is 2. The third kappa shape index (κ3) is 3.80. The molecule has 3 aromatic rings. The number of aromatic nitrogens is 3. The highest BCUT2D eigenvalue weighted by Gasteiger charge is 2.15. The van der Waals surface area contributed by atoms with Crippen molar-refractivity contribution in [1.82, 2.24) is 20.1 Å². The van der Waals surface area contributed by atoms with E-state index in [0.29, 0.717) is 17.4 Å². The molecule has 1 aromatic heterocycles. The van der Waals surface area contributed by atoms with E-state index >= 15 is 0 Å². The predicted molar refractivity (Wildman–Crippen MR) is 105 cm³/mol. The van der Waals surface area contributed by atoms with Crippen LogP contribution in [-0.4, -0.2) is 47.4 Å². The molecule has 6 heteroatoms. The van der Waals surface area contributed by atoms with Gasteiger partial charge in [-0.3, -0.25) is 10.00 Å². The molecule has 0 atom stereocenters. The van der Waals surface area contributed by atoms with Gasteiger partial charge in [0.05, 0.1) is 19.8 Å². The van der Waals surface area contributed by atoms with Crippen LogP contribution < -0.4 is 9.47 Å². The average molecular weight is 364 g/mol. The van der Waals surface area contributed by atoms with Gasteiger partial charge < -0.3 is 9.47 Å². The molecule has 0 amide bonds. The zero-order valence-corrected chi connectivity index (χ0v) is 15.7. The summed E-state index contributed by atoms with van der Waals surface area (Å²) in [6.07, 6.45) is 2.60. The summed E-state index contributed by atoms with van der Waals surface area (Å²) in [5.74, 6) is 2.80. The largest absolute Gasteiger partial charge is 0.497 e. The summed E-state index contributed by atoms with van der Waals surface area (Å²) >= 11 is 0. The van der Waals surface area contributed by atoms with Gasteiger partial charge in [0, 0.05) is 18.2 Å². The molecule has 0 bridgehead atoms. The van der Waals surface area contributed by atoms with Crippen LogP contribution in [0.1, 0.15) is 18.4 Å². The van der Waals surface area contributed by atoms with Crippen LogP contribution in [0.3, 0.4) is 0 Å². The molecule has 0 aliphatic carbocycles. The van der Waals surface area contributed by atoms with E-state index in [9.17, 15) is 0 Å². The van der Waals surface area contributed by atoms with Crippen LogP contribution in [0.4, 0.5) is 0 Å². The van der Waals surface area contributed by atoms with Crippen LogP contribution in [0.2, 0.25) is 0 Å². The van der Waals surface area contributed by atoms with E-state index < -0.39 is 0 Å². The molecule has 0 unspecified atom stereocenters. The summed E-state index contributed by atoms with van der Waals surface area (Å²) in [6.45, 7) is 3.36. The van der Waals surface area contributed by atoms with Gasteiger partial charge in [0.2, 0.25) is 0 Å². The monoisotopic (exact) mass is 364 g/mol. The first-order valence-corrected chi connectivity index (χ1v) is 9.23. The van der Waals surface area contributed by atoms with Crippen molar-refractivity contribution in [3.05, 3.63) is 48.0 Å². The van der Waals surface area contributed by atoms with Gasteiger partial charge in [0.15, 0.2) is 11.6 Å². The van der Waals surface area contributed by atoms with Crippen LogP contribution in [0, 0.1) is 0 Å². The Hall–Kier alpha value is -2.86. The van der Waals surface area contributed by atoms with Gasteiger partial charge in [-0.25, -0.2) is 4.98 Å². The minimum atomic E-state index is 0.675. The molecule has 2 aromatic carbocycles. The lowest BCUT2D eigenvalue weighted by molar-refractivity contribution is 0.331. The van der Waals surface area contributed by atoms with Crippen molar-refractivity contribution in [1.29, 1.82) is 0 Å². The SMILES string of the molecule is COc1ccc(-c2nc(-c3cccc(CN4CCCC4)c3)n[nH]2)c(OC)c1. The van der Waals surface area contributed by atoms with E-state index in [-0.39, 0.29) is 0 Å². The Morgan fingerprint density at radius 2 is 1.89 bits per heavy atom. The highest BCUT2D eigenvalue weighted by molar-refractivity contribution is 5.68. The normalized spacial score (nSPS) is 14.4. The number of nitrogens with one attached hydrogen (secondary N) is 1. The molecule has 1 N–H and O–H groups in total. The number of benzene rings is 2. The van der Waals surface area contributed by atoms with E-state index in [2.05, 4.69) is 38.3 Å². The fraction of sp³-hybridized carbons (Fsp3) is 0.333. The summed E-state index contributed by atoms with van der Waals surface area (Å²) in [5, 5.41) is 7.45. The first kappa shape index (κ1) is 17.5. The summed E-state index contributed by atoms with van der Waals surface area (Å²) in [5.41, 5.74) is 3.16. The third-order valence-corrected chi connectivity index (χ3v) is 4.94.